The lowest BCUT2D eigenvalue weighted by Crippen LogP contribution is -2.39. The van der Waals surface area contributed by atoms with Crippen LogP contribution in [0.4, 0.5) is 0 Å². The summed E-state index contributed by atoms with van der Waals surface area (Å²) in [5, 5.41) is 0. The fourth-order valence-electron chi connectivity index (χ4n) is 6.19. The molecule has 0 radical (unpaired) electrons. The summed E-state index contributed by atoms with van der Waals surface area (Å²) in [5.41, 5.74) is 0. The van der Waals surface area contributed by atoms with Crippen LogP contribution < -0.4 is 0 Å². The summed E-state index contributed by atoms with van der Waals surface area (Å²) in [6.07, 6.45) is 45.5. The van der Waals surface area contributed by atoms with Crippen molar-refractivity contribution in [3.8, 4) is 0 Å². The average Bonchev–Trinajstić information content (AvgIpc) is 3.31. The van der Waals surface area contributed by atoms with Crippen LogP contribution in [-0.4, -0.2) is 29.1 Å². The van der Waals surface area contributed by atoms with Gasteiger partial charge in [0.15, 0.2) is 0 Å². The Hall–Kier alpha value is -0.660. The van der Waals surface area contributed by atoms with Crippen molar-refractivity contribution in [2.24, 2.45) is 0 Å². The molecular formula is C36H72N2. The van der Waals surface area contributed by atoms with Crippen LogP contribution in [0.3, 0.4) is 0 Å². The van der Waals surface area contributed by atoms with E-state index in [0.717, 1.165) is 0 Å². The van der Waals surface area contributed by atoms with E-state index in [2.05, 4.69) is 43.0 Å². The van der Waals surface area contributed by atoms with Gasteiger partial charge in [0.25, 0.3) is 0 Å². The lowest BCUT2D eigenvalue weighted by molar-refractivity contribution is 0.135. The Labute approximate surface area is 241 Å². The van der Waals surface area contributed by atoms with Crippen LogP contribution in [0.15, 0.2) is 12.4 Å². The van der Waals surface area contributed by atoms with E-state index in [9.17, 15) is 0 Å². The molecule has 226 valence electrons. The molecule has 0 amide bonds. The minimum absolute atomic E-state index is 0.641. The number of hydrogen-bond donors (Lipinski definition) is 0. The Morgan fingerprint density at radius 2 is 0.605 bits per heavy atom. The first-order valence-electron chi connectivity index (χ1n) is 18.0. The third-order valence-corrected chi connectivity index (χ3v) is 8.82. The molecule has 1 unspecified atom stereocenters. The van der Waals surface area contributed by atoms with E-state index in [1.807, 2.05) is 0 Å². The summed E-state index contributed by atoms with van der Waals surface area (Å²) in [6.45, 7) is 9.48. The van der Waals surface area contributed by atoms with Gasteiger partial charge in [0.05, 0.1) is 0 Å². The number of nitrogens with zero attached hydrogens (tertiary/aromatic N) is 2. The second kappa shape index (κ2) is 27.9. The highest BCUT2D eigenvalue weighted by atomic mass is 15.4. The molecule has 2 nitrogen and oxygen atoms in total. The van der Waals surface area contributed by atoms with Gasteiger partial charge in [0.1, 0.15) is 6.17 Å². The largest absolute Gasteiger partial charge is 0.356 e. The summed E-state index contributed by atoms with van der Waals surface area (Å²) in [6, 6.07) is 0. The zero-order chi connectivity index (χ0) is 27.4. The normalized spacial score (nSPS) is 15.3. The van der Waals surface area contributed by atoms with Gasteiger partial charge in [0, 0.05) is 25.5 Å². The van der Waals surface area contributed by atoms with Gasteiger partial charge in [0.2, 0.25) is 0 Å². The molecule has 1 rings (SSSR count). The minimum Gasteiger partial charge on any atom is -0.356 e. The molecule has 0 aromatic carbocycles. The van der Waals surface area contributed by atoms with Crippen molar-refractivity contribution in [3.05, 3.63) is 12.4 Å². The first-order chi connectivity index (χ1) is 18.8. The topological polar surface area (TPSA) is 6.48 Å². The van der Waals surface area contributed by atoms with Crippen molar-refractivity contribution in [3.63, 3.8) is 0 Å². The Kier molecular flexibility index (Phi) is 26.0. The fraction of sp³-hybridized carbons (Fsp3) is 0.944. The van der Waals surface area contributed by atoms with E-state index in [-0.39, 0.29) is 0 Å². The van der Waals surface area contributed by atoms with Crippen LogP contribution in [0, 0.1) is 0 Å². The van der Waals surface area contributed by atoms with E-state index in [1.165, 1.54) is 193 Å². The van der Waals surface area contributed by atoms with Crippen LogP contribution in [0.1, 0.15) is 201 Å². The van der Waals surface area contributed by atoms with Crippen molar-refractivity contribution in [1.82, 2.24) is 9.80 Å². The monoisotopic (exact) mass is 533 g/mol. The van der Waals surface area contributed by atoms with Gasteiger partial charge >= 0.3 is 0 Å². The maximum Gasteiger partial charge on any atom is 0.101 e. The highest BCUT2D eigenvalue weighted by Gasteiger charge is 2.24. The second-order valence-electron chi connectivity index (χ2n) is 12.5. The highest BCUT2D eigenvalue weighted by molar-refractivity contribution is 4.97. The molecule has 0 aromatic rings. The van der Waals surface area contributed by atoms with Gasteiger partial charge in [-0.25, -0.2) is 0 Å². The van der Waals surface area contributed by atoms with E-state index >= 15 is 0 Å². The summed E-state index contributed by atoms with van der Waals surface area (Å²) in [7, 11) is 0. The summed E-state index contributed by atoms with van der Waals surface area (Å²) >= 11 is 0. The van der Waals surface area contributed by atoms with E-state index in [0.29, 0.717) is 6.17 Å². The third-order valence-electron chi connectivity index (χ3n) is 8.82. The molecule has 1 atom stereocenters. The Morgan fingerprint density at radius 1 is 0.342 bits per heavy atom. The molecule has 0 saturated carbocycles. The van der Waals surface area contributed by atoms with Crippen molar-refractivity contribution >= 4 is 0 Å². The van der Waals surface area contributed by atoms with Gasteiger partial charge in [-0.3, -0.25) is 0 Å². The van der Waals surface area contributed by atoms with Crippen LogP contribution in [-0.2, 0) is 0 Å². The Bertz CT molecular complexity index is 488. The number of rotatable bonds is 30. The smallest absolute Gasteiger partial charge is 0.101 e. The standard InChI is InChI=1S/C36H72N2/c1-4-7-10-13-15-17-19-20-21-23-25-27-30-33-38-35-34-37(36(38)31-28-12-9-6-3)32-29-26-24-22-18-16-14-11-8-5-2/h34-36H,4-33H2,1-3H3. The highest BCUT2D eigenvalue weighted by Crippen LogP contribution is 2.24. The molecule has 1 aliphatic rings. The molecule has 0 bridgehead atoms. The lowest BCUT2D eigenvalue weighted by atomic mass is 10.0. The number of hydrogen-bond acceptors (Lipinski definition) is 2. The van der Waals surface area contributed by atoms with Crippen LogP contribution in [0.25, 0.3) is 0 Å². The van der Waals surface area contributed by atoms with Crippen molar-refractivity contribution < 1.29 is 0 Å². The van der Waals surface area contributed by atoms with E-state index < -0.39 is 0 Å². The molecule has 0 saturated heterocycles. The third kappa shape index (κ3) is 20.3. The zero-order valence-corrected chi connectivity index (χ0v) is 26.8. The molecule has 38 heavy (non-hydrogen) atoms. The molecule has 0 spiro atoms. The van der Waals surface area contributed by atoms with Crippen LogP contribution in [0.2, 0.25) is 0 Å². The summed E-state index contributed by atoms with van der Waals surface area (Å²) in [4.78, 5) is 5.39. The van der Waals surface area contributed by atoms with E-state index in [1.54, 1.807) is 0 Å². The average molecular weight is 533 g/mol. The fourth-order valence-corrected chi connectivity index (χ4v) is 6.19. The molecule has 2 heteroatoms. The molecule has 1 aliphatic heterocycles. The van der Waals surface area contributed by atoms with Crippen molar-refractivity contribution in [1.29, 1.82) is 0 Å². The van der Waals surface area contributed by atoms with Crippen LogP contribution >= 0.6 is 0 Å². The van der Waals surface area contributed by atoms with Gasteiger partial charge in [-0.15, -0.1) is 0 Å². The van der Waals surface area contributed by atoms with Gasteiger partial charge in [-0.1, -0.05) is 175 Å². The van der Waals surface area contributed by atoms with Crippen molar-refractivity contribution in [2.75, 3.05) is 13.1 Å². The predicted octanol–water partition coefficient (Wildman–Crippen LogP) is 12.4. The summed E-state index contributed by atoms with van der Waals surface area (Å²) in [5.74, 6) is 0. The first-order valence-corrected chi connectivity index (χ1v) is 18.0. The maximum absolute atomic E-state index is 2.70. The van der Waals surface area contributed by atoms with Gasteiger partial charge in [-0.2, -0.15) is 0 Å². The Morgan fingerprint density at radius 3 is 0.921 bits per heavy atom. The zero-order valence-electron chi connectivity index (χ0n) is 26.8. The molecule has 0 aromatic heterocycles. The quantitative estimate of drug-likeness (QED) is 0.0848. The number of unbranched alkanes of at least 4 members (excludes halogenated alkanes) is 24. The molecular weight excluding hydrogens is 460 g/mol. The lowest BCUT2D eigenvalue weighted by Gasteiger charge is -2.33. The van der Waals surface area contributed by atoms with Gasteiger partial charge < -0.3 is 9.80 Å². The van der Waals surface area contributed by atoms with E-state index in [4.69, 9.17) is 0 Å². The minimum atomic E-state index is 0.641. The predicted molar refractivity (Wildman–Crippen MR) is 173 cm³/mol. The first kappa shape index (κ1) is 35.4. The molecule has 0 N–H and O–H groups in total. The molecule has 0 aliphatic carbocycles. The SMILES string of the molecule is CCCCCCCCCCCCCCCN1C=CN(CCCCCCCCCCCC)C1CCCCCC. The molecule has 1 heterocycles. The van der Waals surface area contributed by atoms with Gasteiger partial charge in [-0.05, 0) is 25.7 Å². The molecule has 0 fully saturated rings. The maximum atomic E-state index is 2.70. The Balaban J connectivity index is 2.12. The summed E-state index contributed by atoms with van der Waals surface area (Å²) < 4.78 is 0. The van der Waals surface area contributed by atoms with Crippen LogP contribution in [0.5, 0.6) is 0 Å². The van der Waals surface area contributed by atoms with Crippen molar-refractivity contribution in [2.45, 2.75) is 207 Å². The second-order valence-corrected chi connectivity index (χ2v) is 12.5.